The van der Waals surface area contributed by atoms with Crippen LogP contribution in [0, 0.1) is 0 Å². The molecule has 0 radical (unpaired) electrons. The highest BCUT2D eigenvalue weighted by molar-refractivity contribution is 7.90. The van der Waals surface area contributed by atoms with Gasteiger partial charge in [-0.1, -0.05) is 18.2 Å². The lowest BCUT2D eigenvalue weighted by Gasteiger charge is -2.17. The summed E-state index contributed by atoms with van der Waals surface area (Å²) in [6, 6.07) is 15.7. The van der Waals surface area contributed by atoms with Gasteiger partial charge < -0.3 is 23.7 Å². The monoisotopic (exact) mass is 550 g/mol. The second-order valence-electron chi connectivity index (χ2n) is 8.55. The summed E-state index contributed by atoms with van der Waals surface area (Å²) in [4.78, 5) is 8.79. The minimum atomic E-state index is -3.92. The Morgan fingerprint density at radius 1 is 0.897 bits per heavy atom. The zero-order valence-corrected chi connectivity index (χ0v) is 22.2. The number of hydrogen-bond acceptors (Lipinski definition) is 10. The van der Waals surface area contributed by atoms with Gasteiger partial charge in [-0.25, -0.2) is 18.4 Å². The molecule has 0 spiro atoms. The molecule has 0 fully saturated rings. The van der Waals surface area contributed by atoms with Crippen molar-refractivity contribution in [1.29, 1.82) is 0 Å². The van der Waals surface area contributed by atoms with Crippen molar-refractivity contribution in [3.05, 3.63) is 78.5 Å². The van der Waals surface area contributed by atoms with Gasteiger partial charge in [0.1, 0.15) is 40.4 Å². The first-order chi connectivity index (χ1) is 18.8. The third kappa shape index (κ3) is 5.26. The van der Waals surface area contributed by atoms with Crippen LogP contribution in [0.2, 0.25) is 0 Å². The van der Waals surface area contributed by atoms with Crippen LogP contribution >= 0.6 is 0 Å². The molecule has 0 amide bonds. The Morgan fingerprint density at radius 2 is 1.64 bits per heavy atom. The number of aromatic nitrogens is 6. The van der Waals surface area contributed by atoms with Crippen LogP contribution in [0.5, 0.6) is 17.4 Å². The number of aliphatic hydroxyl groups is 1. The zero-order valence-electron chi connectivity index (χ0n) is 21.4. The number of aliphatic hydroxyl groups excluding tert-OH is 1. The second kappa shape index (κ2) is 10.7. The molecular formula is C26H26N6O6S. The normalized spacial score (nSPS) is 12.4. The maximum atomic E-state index is 13.4. The average molecular weight is 551 g/mol. The minimum absolute atomic E-state index is 0.0830. The van der Waals surface area contributed by atoms with Crippen LogP contribution in [-0.4, -0.2) is 69.7 Å². The molecule has 1 aromatic carbocycles. The molecule has 4 aromatic heterocycles. The Bertz CT molecular complexity index is 1680. The summed E-state index contributed by atoms with van der Waals surface area (Å²) in [6.07, 6.45) is 2.03. The number of fused-ring (bicyclic) bond motifs is 1. The number of rotatable bonds is 10. The van der Waals surface area contributed by atoms with E-state index in [1.54, 1.807) is 59.3 Å². The average Bonchev–Trinajstić information content (AvgIpc) is 3.56. The van der Waals surface area contributed by atoms with Crippen molar-refractivity contribution in [3.8, 4) is 34.6 Å². The summed E-state index contributed by atoms with van der Waals surface area (Å²) in [6.45, 7) is 0. The predicted octanol–water partition coefficient (Wildman–Crippen LogP) is 2.65. The summed E-state index contributed by atoms with van der Waals surface area (Å²) in [7, 11) is 0.560. The molecule has 202 valence electrons. The van der Waals surface area contributed by atoms with E-state index in [4.69, 9.17) is 14.2 Å². The number of methoxy groups -OCH3 is 3. The molecule has 0 bridgehead atoms. The van der Waals surface area contributed by atoms with Crippen molar-refractivity contribution in [1.82, 2.24) is 29.1 Å². The number of nitrogens with zero attached hydrogens (tertiary/aromatic N) is 6. The molecule has 5 rings (SSSR count). The van der Waals surface area contributed by atoms with Crippen molar-refractivity contribution in [2.24, 2.45) is 0 Å². The molecule has 0 aliphatic carbocycles. The predicted molar refractivity (Wildman–Crippen MR) is 142 cm³/mol. The topological polar surface area (TPSA) is 143 Å². The Balaban J connectivity index is 1.56. The summed E-state index contributed by atoms with van der Waals surface area (Å²) in [5.41, 5.74) is 1.64. The lowest BCUT2D eigenvalue weighted by Crippen LogP contribution is -2.19. The van der Waals surface area contributed by atoms with Gasteiger partial charge >= 0.3 is 0 Å². The summed E-state index contributed by atoms with van der Waals surface area (Å²) in [5, 5.41) is 19.3. The fraction of sp³-hybridized carbons (Fsp3) is 0.231. The van der Waals surface area contributed by atoms with Crippen molar-refractivity contribution in [2.45, 2.75) is 11.9 Å². The quantitative estimate of drug-likeness (QED) is 0.276. The van der Waals surface area contributed by atoms with Crippen molar-refractivity contribution >= 4 is 15.5 Å². The van der Waals surface area contributed by atoms with E-state index < -0.39 is 27.4 Å². The molecule has 0 saturated heterocycles. The van der Waals surface area contributed by atoms with E-state index in [0.717, 1.165) is 0 Å². The molecule has 12 nitrogen and oxygen atoms in total. The van der Waals surface area contributed by atoms with Gasteiger partial charge in [-0.2, -0.15) is 0 Å². The molecule has 1 atom stereocenters. The van der Waals surface area contributed by atoms with Crippen LogP contribution in [0.25, 0.3) is 22.9 Å². The van der Waals surface area contributed by atoms with Gasteiger partial charge in [-0.15, -0.1) is 10.2 Å². The fourth-order valence-corrected chi connectivity index (χ4v) is 5.56. The number of pyridine rings is 2. The largest absolute Gasteiger partial charge is 0.494 e. The van der Waals surface area contributed by atoms with Crippen molar-refractivity contribution in [3.63, 3.8) is 0 Å². The van der Waals surface area contributed by atoms with E-state index in [1.165, 1.54) is 25.9 Å². The highest BCUT2D eigenvalue weighted by atomic mass is 32.2. The number of imidazole rings is 1. The molecule has 39 heavy (non-hydrogen) atoms. The Labute approximate surface area is 224 Å². The van der Waals surface area contributed by atoms with Gasteiger partial charge in [0.15, 0.2) is 21.5 Å². The van der Waals surface area contributed by atoms with E-state index in [1.807, 2.05) is 12.1 Å². The van der Waals surface area contributed by atoms with E-state index in [9.17, 15) is 13.5 Å². The van der Waals surface area contributed by atoms with E-state index in [2.05, 4.69) is 20.2 Å². The van der Waals surface area contributed by atoms with E-state index in [0.29, 0.717) is 34.4 Å². The smallest absolute Gasteiger partial charge is 0.213 e. The molecule has 13 heteroatoms. The number of sulfone groups is 1. The Morgan fingerprint density at radius 3 is 2.33 bits per heavy atom. The summed E-state index contributed by atoms with van der Waals surface area (Å²) < 4.78 is 46.4. The molecule has 1 N–H and O–H groups in total. The molecule has 0 aliphatic heterocycles. The first kappa shape index (κ1) is 26.1. The van der Waals surface area contributed by atoms with Gasteiger partial charge in [-0.05, 0) is 30.3 Å². The maximum absolute atomic E-state index is 13.4. The van der Waals surface area contributed by atoms with E-state index in [-0.39, 0.29) is 17.3 Å². The molecule has 0 unspecified atom stereocenters. The van der Waals surface area contributed by atoms with Crippen LogP contribution in [0.1, 0.15) is 17.6 Å². The Kier molecular flexibility index (Phi) is 7.17. The highest BCUT2D eigenvalue weighted by Gasteiger charge is 2.28. The van der Waals surface area contributed by atoms with Crippen molar-refractivity contribution in [2.75, 3.05) is 27.1 Å². The van der Waals surface area contributed by atoms with Crippen LogP contribution in [-0.2, 0) is 15.6 Å². The van der Waals surface area contributed by atoms with Crippen LogP contribution < -0.4 is 14.2 Å². The van der Waals surface area contributed by atoms with Crippen LogP contribution in [0.4, 0.5) is 0 Å². The van der Waals surface area contributed by atoms with Gasteiger partial charge in [-0.3, -0.25) is 4.57 Å². The number of ether oxygens (including phenoxy) is 3. The standard InChI is InChI=1S/C26H26N6O6S/c1-36-20-9-7-10-21(37-2)25(20)32-23(29-30-26(32)17-8-6-12-24(28-17)38-3)16-39(34,35)15-19(33)18-14-31-13-5-4-11-22(31)27-18/h4-14,19,33H,15-16H2,1-3H3/t19-/m1/s1. The van der Waals surface area contributed by atoms with Crippen molar-refractivity contribution < 1.29 is 27.7 Å². The number of benzene rings is 1. The molecule has 0 saturated carbocycles. The lowest BCUT2D eigenvalue weighted by molar-refractivity contribution is 0.197. The third-order valence-electron chi connectivity index (χ3n) is 6.00. The first-order valence-electron chi connectivity index (χ1n) is 11.8. The summed E-state index contributed by atoms with van der Waals surface area (Å²) >= 11 is 0. The minimum Gasteiger partial charge on any atom is -0.494 e. The zero-order chi connectivity index (χ0) is 27.6. The van der Waals surface area contributed by atoms with Gasteiger partial charge in [0, 0.05) is 18.5 Å². The molecule has 5 aromatic rings. The van der Waals surface area contributed by atoms with Gasteiger partial charge in [0.05, 0.1) is 32.8 Å². The van der Waals surface area contributed by atoms with Crippen LogP contribution in [0.3, 0.4) is 0 Å². The number of para-hydroxylation sites is 1. The number of hydrogen-bond donors (Lipinski definition) is 1. The first-order valence-corrected chi connectivity index (χ1v) is 13.6. The molecular weight excluding hydrogens is 524 g/mol. The van der Waals surface area contributed by atoms with Gasteiger partial charge in [0.2, 0.25) is 5.88 Å². The Hall–Kier alpha value is -4.49. The SMILES string of the molecule is COc1cccc(-c2nnc(CS(=O)(=O)C[C@@H](O)c3cn4ccccc4n3)n2-c2c(OC)cccc2OC)n1. The lowest BCUT2D eigenvalue weighted by atomic mass is 10.2. The third-order valence-corrected chi connectivity index (χ3v) is 7.52. The highest BCUT2D eigenvalue weighted by Crippen LogP contribution is 2.36. The molecule has 4 heterocycles. The van der Waals surface area contributed by atoms with Gasteiger partial charge in [0.25, 0.3) is 0 Å². The maximum Gasteiger partial charge on any atom is 0.213 e. The fourth-order valence-electron chi connectivity index (χ4n) is 4.21. The molecule has 0 aliphatic rings. The second-order valence-corrected chi connectivity index (χ2v) is 10.7. The van der Waals surface area contributed by atoms with E-state index >= 15 is 0 Å². The van der Waals surface area contributed by atoms with Crippen LogP contribution in [0.15, 0.2) is 67.0 Å². The summed E-state index contributed by atoms with van der Waals surface area (Å²) in [5.74, 6) is 0.388.